The fourth-order valence-corrected chi connectivity index (χ4v) is 1.66. The molecule has 1 aromatic carbocycles. The number of hydrogen-bond acceptors (Lipinski definition) is 1. The number of alkyl halides is 3. The minimum absolute atomic E-state index is 0.171. The molecule has 0 saturated carbocycles. The lowest BCUT2D eigenvalue weighted by molar-refractivity contribution is -0.128. The molecular formula is C9H5BrF4N2. The number of hydrogen-bond donors (Lipinski definition) is 1. The normalized spacial score (nSPS) is 12.3. The van der Waals surface area contributed by atoms with Crippen LogP contribution in [-0.2, 0) is 6.42 Å². The number of aromatic nitrogens is 2. The van der Waals surface area contributed by atoms with Crippen LogP contribution in [0.3, 0.4) is 0 Å². The van der Waals surface area contributed by atoms with Gasteiger partial charge in [-0.25, -0.2) is 9.37 Å². The van der Waals surface area contributed by atoms with E-state index in [9.17, 15) is 17.6 Å². The van der Waals surface area contributed by atoms with E-state index in [0.717, 1.165) is 6.07 Å². The molecule has 0 bridgehead atoms. The number of nitrogens with one attached hydrogen (secondary N) is 1. The van der Waals surface area contributed by atoms with Crippen molar-refractivity contribution >= 4 is 27.0 Å². The van der Waals surface area contributed by atoms with Crippen LogP contribution in [0.25, 0.3) is 11.0 Å². The molecule has 0 aliphatic rings. The molecule has 0 amide bonds. The highest BCUT2D eigenvalue weighted by molar-refractivity contribution is 9.10. The van der Waals surface area contributed by atoms with Crippen LogP contribution in [0.1, 0.15) is 5.82 Å². The van der Waals surface area contributed by atoms with E-state index >= 15 is 0 Å². The van der Waals surface area contributed by atoms with Gasteiger partial charge in [0.1, 0.15) is 18.1 Å². The van der Waals surface area contributed by atoms with Crippen molar-refractivity contribution in [2.24, 2.45) is 0 Å². The summed E-state index contributed by atoms with van der Waals surface area (Å²) < 4.78 is 49.5. The van der Waals surface area contributed by atoms with Crippen LogP contribution in [-0.4, -0.2) is 16.1 Å². The second-order valence-corrected chi connectivity index (χ2v) is 4.11. The standard InChI is InChI=1S/C9H5BrF4N2/c10-4-1-6-7(2-5(4)11)16-8(15-6)3-9(12,13)14/h1-2H,3H2,(H,15,16). The van der Waals surface area contributed by atoms with Crippen LogP contribution in [0.4, 0.5) is 17.6 Å². The van der Waals surface area contributed by atoms with Gasteiger partial charge in [0.05, 0.1) is 15.5 Å². The lowest BCUT2D eigenvalue weighted by Crippen LogP contribution is -2.12. The minimum Gasteiger partial charge on any atom is -0.342 e. The average Bonchev–Trinajstić information content (AvgIpc) is 2.44. The zero-order chi connectivity index (χ0) is 11.9. The number of aromatic amines is 1. The van der Waals surface area contributed by atoms with Gasteiger partial charge < -0.3 is 4.98 Å². The van der Waals surface area contributed by atoms with Crippen molar-refractivity contribution in [3.8, 4) is 0 Å². The van der Waals surface area contributed by atoms with Crippen molar-refractivity contribution in [2.45, 2.75) is 12.6 Å². The Morgan fingerprint density at radius 2 is 2.00 bits per heavy atom. The third-order valence-corrected chi connectivity index (χ3v) is 2.55. The Bertz CT molecular complexity index is 493. The number of imidazole rings is 1. The minimum atomic E-state index is -4.33. The molecule has 0 aliphatic heterocycles. The van der Waals surface area contributed by atoms with Crippen molar-refractivity contribution in [2.75, 3.05) is 0 Å². The van der Waals surface area contributed by atoms with E-state index in [2.05, 4.69) is 25.9 Å². The van der Waals surface area contributed by atoms with E-state index < -0.39 is 18.4 Å². The Morgan fingerprint density at radius 3 is 2.62 bits per heavy atom. The molecule has 16 heavy (non-hydrogen) atoms. The molecule has 0 spiro atoms. The third kappa shape index (κ3) is 2.34. The molecule has 2 aromatic rings. The van der Waals surface area contributed by atoms with Gasteiger partial charge in [0.25, 0.3) is 0 Å². The second-order valence-electron chi connectivity index (χ2n) is 3.26. The summed E-state index contributed by atoms with van der Waals surface area (Å²) in [6.07, 6.45) is -5.48. The van der Waals surface area contributed by atoms with Gasteiger partial charge in [-0.15, -0.1) is 0 Å². The third-order valence-electron chi connectivity index (χ3n) is 1.94. The monoisotopic (exact) mass is 296 g/mol. The zero-order valence-corrected chi connectivity index (χ0v) is 9.28. The summed E-state index contributed by atoms with van der Waals surface area (Å²) in [5, 5.41) is 0. The molecule has 2 nitrogen and oxygen atoms in total. The zero-order valence-electron chi connectivity index (χ0n) is 7.70. The molecule has 1 aromatic heterocycles. The van der Waals surface area contributed by atoms with Crippen molar-refractivity contribution in [1.82, 2.24) is 9.97 Å². The van der Waals surface area contributed by atoms with E-state index in [1.165, 1.54) is 6.07 Å². The molecule has 0 radical (unpaired) electrons. The molecule has 0 aliphatic carbocycles. The Kier molecular flexibility index (Phi) is 2.65. The van der Waals surface area contributed by atoms with Gasteiger partial charge in [-0.05, 0) is 22.0 Å². The average molecular weight is 297 g/mol. The number of nitrogens with zero attached hydrogens (tertiary/aromatic N) is 1. The summed E-state index contributed by atoms with van der Waals surface area (Å²) in [5.41, 5.74) is 0.549. The summed E-state index contributed by atoms with van der Waals surface area (Å²) in [5.74, 6) is -0.769. The topological polar surface area (TPSA) is 28.7 Å². The van der Waals surface area contributed by atoms with E-state index in [1.54, 1.807) is 0 Å². The summed E-state index contributed by atoms with van der Waals surface area (Å²) in [7, 11) is 0. The Labute approximate surface area is 95.8 Å². The molecule has 0 unspecified atom stereocenters. The first-order valence-corrected chi connectivity index (χ1v) is 5.05. The molecule has 86 valence electrons. The lowest BCUT2D eigenvalue weighted by Gasteiger charge is -2.01. The summed E-state index contributed by atoms with van der Waals surface area (Å²) >= 11 is 2.94. The lowest BCUT2D eigenvalue weighted by atomic mass is 10.3. The quantitative estimate of drug-likeness (QED) is 0.801. The number of benzene rings is 1. The molecule has 1 heterocycles. The van der Waals surface area contributed by atoms with E-state index in [-0.39, 0.29) is 15.8 Å². The highest BCUT2D eigenvalue weighted by Gasteiger charge is 2.29. The number of rotatable bonds is 1. The molecular weight excluding hydrogens is 292 g/mol. The highest BCUT2D eigenvalue weighted by atomic mass is 79.9. The smallest absolute Gasteiger partial charge is 0.342 e. The fraction of sp³-hybridized carbons (Fsp3) is 0.222. The fourth-order valence-electron chi connectivity index (χ4n) is 1.33. The first kappa shape index (κ1) is 11.4. The van der Waals surface area contributed by atoms with Gasteiger partial charge in [0, 0.05) is 6.07 Å². The predicted octanol–water partition coefficient (Wildman–Crippen LogP) is 3.57. The van der Waals surface area contributed by atoms with Gasteiger partial charge in [0.2, 0.25) is 0 Å². The van der Waals surface area contributed by atoms with Gasteiger partial charge in [-0.2, -0.15) is 13.2 Å². The molecule has 0 saturated heterocycles. The number of H-pyrrole nitrogens is 1. The largest absolute Gasteiger partial charge is 0.396 e. The second kappa shape index (κ2) is 3.73. The van der Waals surface area contributed by atoms with Gasteiger partial charge in [-0.1, -0.05) is 0 Å². The van der Waals surface area contributed by atoms with E-state index in [4.69, 9.17) is 0 Å². The number of halogens is 5. The van der Waals surface area contributed by atoms with Gasteiger partial charge in [-0.3, -0.25) is 0 Å². The molecule has 0 fully saturated rings. The molecule has 7 heteroatoms. The van der Waals surface area contributed by atoms with Crippen LogP contribution in [0.5, 0.6) is 0 Å². The molecule has 2 rings (SSSR count). The van der Waals surface area contributed by atoms with Crippen molar-refractivity contribution in [3.63, 3.8) is 0 Å². The van der Waals surface area contributed by atoms with Crippen molar-refractivity contribution < 1.29 is 17.6 Å². The van der Waals surface area contributed by atoms with E-state index in [1.807, 2.05) is 0 Å². The van der Waals surface area contributed by atoms with Gasteiger partial charge in [0.15, 0.2) is 0 Å². The van der Waals surface area contributed by atoms with Crippen LogP contribution < -0.4 is 0 Å². The highest BCUT2D eigenvalue weighted by Crippen LogP contribution is 2.24. The maximum Gasteiger partial charge on any atom is 0.396 e. The van der Waals surface area contributed by atoms with E-state index in [0.29, 0.717) is 5.52 Å². The Morgan fingerprint density at radius 1 is 1.31 bits per heavy atom. The van der Waals surface area contributed by atoms with Crippen LogP contribution in [0.15, 0.2) is 16.6 Å². The first-order valence-electron chi connectivity index (χ1n) is 4.25. The first-order chi connectivity index (χ1) is 7.35. The van der Waals surface area contributed by atoms with Gasteiger partial charge >= 0.3 is 6.18 Å². The molecule has 0 atom stereocenters. The van der Waals surface area contributed by atoms with Crippen molar-refractivity contribution in [1.29, 1.82) is 0 Å². The maximum atomic E-state index is 13.1. The van der Waals surface area contributed by atoms with Crippen LogP contribution in [0, 0.1) is 5.82 Å². The summed E-state index contributed by atoms with van der Waals surface area (Å²) in [4.78, 5) is 6.16. The molecule has 1 N–H and O–H groups in total. The summed E-state index contributed by atoms with van der Waals surface area (Å²) in [6, 6.07) is 2.44. The SMILES string of the molecule is Fc1cc2[nH]c(CC(F)(F)F)nc2cc1Br. The van der Waals surface area contributed by atoms with Crippen molar-refractivity contribution in [3.05, 3.63) is 28.2 Å². The van der Waals surface area contributed by atoms with Crippen LogP contribution in [0.2, 0.25) is 0 Å². The summed E-state index contributed by atoms with van der Waals surface area (Å²) in [6.45, 7) is 0. The Hall–Kier alpha value is -1.11. The predicted molar refractivity (Wildman–Crippen MR) is 53.5 cm³/mol. The van der Waals surface area contributed by atoms with Crippen LogP contribution >= 0.6 is 15.9 Å². The maximum absolute atomic E-state index is 13.1. The Balaban J connectivity index is 2.44. The number of fused-ring (bicyclic) bond motifs is 1.